The van der Waals surface area contributed by atoms with Crippen molar-refractivity contribution >= 4 is 17.7 Å². The number of carbonyl (C=O) groups excluding carboxylic acids is 1. The van der Waals surface area contributed by atoms with E-state index in [9.17, 15) is 4.79 Å². The Morgan fingerprint density at radius 2 is 2.06 bits per heavy atom. The van der Waals surface area contributed by atoms with E-state index in [0.29, 0.717) is 5.25 Å². The zero-order valence-corrected chi connectivity index (χ0v) is 10.2. The minimum atomic E-state index is -0.207. The number of methoxy groups -OCH3 is 1. The van der Waals surface area contributed by atoms with E-state index in [2.05, 4.69) is 12.1 Å². The number of carbonyl (C=O) groups is 1. The zero-order chi connectivity index (χ0) is 11.5. The summed E-state index contributed by atoms with van der Waals surface area (Å²) in [6.45, 7) is 2.00. The van der Waals surface area contributed by atoms with Gasteiger partial charge in [-0.15, -0.1) is 11.8 Å². The second kappa shape index (κ2) is 4.74. The van der Waals surface area contributed by atoms with Crippen molar-refractivity contribution in [1.29, 1.82) is 0 Å². The van der Waals surface area contributed by atoms with Crippen LogP contribution in [-0.2, 0) is 9.53 Å². The second-order valence-electron chi connectivity index (χ2n) is 3.82. The number of thioether (sulfide) groups is 1. The Hall–Kier alpha value is -1.22. The zero-order valence-electron chi connectivity index (χ0n) is 9.40. The minimum Gasteiger partial charge on any atom is -0.465 e. The Morgan fingerprint density at radius 3 is 2.69 bits per heavy atom. The van der Waals surface area contributed by atoms with E-state index in [-0.39, 0.29) is 5.97 Å². The molecule has 0 bridgehead atoms. The average Bonchev–Trinajstić information content (AvgIpc) is 2.71. The summed E-state index contributed by atoms with van der Waals surface area (Å²) in [5.74, 6) is -0.207. The third-order valence-electron chi connectivity index (χ3n) is 2.68. The van der Waals surface area contributed by atoms with Gasteiger partial charge in [0.15, 0.2) is 0 Å². The van der Waals surface area contributed by atoms with Crippen molar-refractivity contribution in [3.8, 4) is 0 Å². The number of rotatable bonds is 2. The van der Waals surface area contributed by atoms with Gasteiger partial charge in [-0.05, 0) is 18.9 Å². The molecule has 0 saturated heterocycles. The first-order valence-electron chi connectivity index (χ1n) is 5.22. The summed E-state index contributed by atoms with van der Waals surface area (Å²) in [6, 6.07) is 10.3. The molecule has 1 unspecified atom stereocenters. The molecule has 2 rings (SSSR count). The molecule has 3 heteroatoms. The van der Waals surface area contributed by atoms with Gasteiger partial charge in [-0.25, -0.2) is 4.79 Å². The minimum absolute atomic E-state index is 0.207. The monoisotopic (exact) mass is 234 g/mol. The molecule has 1 aromatic rings. The standard InChI is InChI=1S/C13H14O2S/c1-9-8-11(10-6-4-3-5-7-10)16-12(9)13(14)15-2/h3-7,11H,8H2,1-2H3. The van der Waals surface area contributed by atoms with Crippen molar-refractivity contribution in [2.45, 2.75) is 18.6 Å². The summed E-state index contributed by atoms with van der Waals surface area (Å²) < 4.78 is 4.77. The van der Waals surface area contributed by atoms with Crippen LogP contribution in [0.3, 0.4) is 0 Å². The Labute approximate surface area is 99.7 Å². The van der Waals surface area contributed by atoms with E-state index in [1.165, 1.54) is 12.7 Å². The quantitative estimate of drug-likeness (QED) is 0.734. The second-order valence-corrected chi connectivity index (χ2v) is 5.04. The maximum Gasteiger partial charge on any atom is 0.344 e. The topological polar surface area (TPSA) is 26.3 Å². The number of benzene rings is 1. The number of esters is 1. The Balaban J connectivity index is 2.15. The largest absolute Gasteiger partial charge is 0.465 e. The summed E-state index contributed by atoms with van der Waals surface area (Å²) in [5.41, 5.74) is 2.40. The highest BCUT2D eigenvalue weighted by Crippen LogP contribution is 2.47. The fourth-order valence-corrected chi connectivity index (χ4v) is 3.20. The normalized spacial score (nSPS) is 20.0. The van der Waals surface area contributed by atoms with Crippen molar-refractivity contribution < 1.29 is 9.53 Å². The molecular formula is C13H14O2S. The maximum atomic E-state index is 11.5. The smallest absolute Gasteiger partial charge is 0.344 e. The molecule has 1 aliphatic heterocycles. The molecular weight excluding hydrogens is 220 g/mol. The average molecular weight is 234 g/mol. The third kappa shape index (κ3) is 2.14. The molecule has 1 atom stereocenters. The van der Waals surface area contributed by atoms with Crippen LogP contribution in [0.2, 0.25) is 0 Å². The van der Waals surface area contributed by atoms with Gasteiger partial charge in [-0.3, -0.25) is 0 Å². The number of allylic oxidation sites excluding steroid dienone is 1. The summed E-state index contributed by atoms with van der Waals surface area (Å²) in [6.07, 6.45) is 0.930. The van der Waals surface area contributed by atoms with E-state index in [1.807, 2.05) is 25.1 Å². The van der Waals surface area contributed by atoms with E-state index in [0.717, 1.165) is 16.9 Å². The first kappa shape index (κ1) is 11.3. The van der Waals surface area contributed by atoms with Crippen LogP contribution in [0.5, 0.6) is 0 Å². The summed E-state index contributed by atoms with van der Waals surface area (Å²) in [5, 5.41) is 0.357. The van der Waals surface area contributed by atoms with E-state index < -0.39 is 0 Å². The molecule has 1 aliphatic rings. The molecule has 1 heterocycles. The highest BCUT2D eigenvalue weighted by atomic mass is 32.2. The van der Waals surface area contributed by atoms with Gasteiger partial charge < -0.3 is 4.74 Å². The van der Waals surface area contributed by atoms with Crippen molar-refractivity contribution in [2.75, 3.05) is 7.11 Å². The molecule has 1 aromatic carbocycles. The number of hydrogen-bond acceptors (Lipinski definition) is 3. The van der Waals surface area contributed by atoms with E-state index in [4.69, 9.17) is 4.74 Å². The van der Waals surface area contributed by atoms with Gasteiger partial charge in [-0.2, -0.15) is 0 Å². The summed E-state index contributed by atoms with van der Waals surface area (Å²) in [7, 11) is 1.43. The Bertz CT molecular complexity index is 423. The molecule has 16 heavy (non-hydrogen) atoms. The van der Waals surface area contributed by atoms with Gasteiger partial charge in [0.1, 0.15) is 0 Å². The lowest BCUT2D eigenvalue weighted by atomic mass is 10.1. The lowest BCUT2D eigenvalue weighted by molar-refractivity contribution is -0.135. The third-order valence-corrected chi connectivity index (χ3v) is 4.16. The molecule has 0 radical (unpaired) electrons. The predicted octanol–water partition coefficient (Wildman–Crippen LogP) is 3.31. The SMILES string of the molecule is COC(=O)C1=C(C)CC(c2ccccc2)S1. The molecule has 2 nitrogen and oxygen atoms in total. The lowest BCUT2D eigenvalue weighted by Crippen LogP contribution is -2.01. The van der Waals surface area contributed by atoms with Crippen LogP contribution in [0.15, 0.2) is 40.8 Å². The van der Waals surface area contributed by atoms with Gasteiger partial charge >= 0.3 is 5.97 Å². The van der Waals surface area contributed by atoms with Gasteiger partial charge in [0.25, 0.3) is 0 Å². The van der Waals surface area contributed by atoms with Gasteiger partial charge in [0.2, 0.25) is 0 Å². The van der Waals surface area contributed by atoms with Crippen LogP contribution in [-0.4, -0.2) is 13.1 Å². The molecule has 84 valence electrons. The molecule has 0 spiro atoms. The molecule has 0 aromatic heterocycles. The van der Waals surface area contributed by atoms with Crippen LogP contribution in [0.25, 0.3) is 0 Å². The van der Waals surface area contributed by atoms with Crippen molar-refractivity contribution in [1.82, 2.24) is 0 Å². The first-order chi connectivity index (χ1) is 7.72. The Kier molecular flexibility index (Phi) is 3.34. The van der Waals surface area contributed by atoms with Crippen LogP contribution in [0.4, 0.5) is 0 Å². The first-order valence-corrected chi connectivity index (χ1v) is 6.10. The molecule has 0 saturated carbocycles. The fourth-order valence-electron chi connectivity index (χ4n) is 1.82. The van der Waals surface area contributed by atoms with Gasteiger partial charge in [0, 0.05) is 5.25 Å². The number of hydrogen-bond donors (Lipinski definition) is 0. The summed E-state index contributed by atoms with van der Waals surface area (Å²) >= 11 is 1.61. The highest BCUT2D eigenvalue weighted by Gasteiger charge is 2.28. The molecule has 0 amide bonds. The molecule has 0 fully saturated rings. The van der Waals surface area contributed by atoms with E-state index in [1.54, 1.807) is 11.8 Å². The Morgan fingerprint density at radius 1 is 1.38 bits per heavy atom. The highest BCUT2D eigenvalue weighted by molar-refractivity contribution is 8.04. The van der Waals surface area contributed by atoms with Gasteiger partial charge in [0.05, 0.1) is 12.0 Å². The molecule has 0 N–H and O–H groups in total. The maximum absolute atomic E-state index is 11.5. The number of ether oxygens (including phenoxy) is 1. The summed E-state index contributed by atoms with van der Waals surface area (Å²) in [4.78, 5) is 12.3. The van der Waals surface area contributed by atoms with Crippen LogP contribution in [0, 0.1) is 0 Å². The lowest BCUT2D eigenvalue weighted by Gasteiger charge is -2.09. The van der Waals surface area contributed by atoms with Gasteiger partial charge in [-0.1, -0.05) is 35.9 Å². The van der Waals surface area contributed by atoms with Crippen molar-refractivity contribution in [3.05, 3.63) is 46.4 Å². The molecule has 0 aliphatic carbocycles. The fraction of sp³-hybridized carbons (Fsp3) is 0.308. The van der Waals surface area contributed by atoms with Crippen molar-refractivity contribution in [3.63, 3.8) is 0 Å². The van der Waals surface area contributed by atoms with E-state index >= 15 is 0 Å². The van der Waals surface area contributed by atoms with Crippen LogP contribution < -0.4 is 0 Å². The van der Waals surface area contributed by atoms with Crippen molar-refractivity contribution in [2.24, 2.45) is 0 Å². The van der Waals surface area contributed by atoms with Crippen LogP contribution in [0.1, 0.15) is 24.2 Å². The predicted molar refractivity (Wildman–Crippen MR) is 66.1 cm³/mol. The van der Waals surface area contributed by atoms with Crippen LogP contribution >= 0.6 is 11.8 Å².